The van der Waals surface area contributed by atoms with Gasteiger partial charge in [0, 0.05) is 23.8 Å². The third-order valence-corrected chi connectivity index (χ3v) is 4.48. The van der Waals surface area contributed by atoms with Gasteiger partial charge in [-0.05, 0) is 45.3 Å². The predicted molar refractivity (Wildman–Crippen MR) is 75.2 cm³/mol. The highest BCUT2D eigenvalue weighted by molar-refractivity contribution is 7.99. The van der Waals surface area contributed by atoms with Crippen LogP contribution in [-0.2, 0) is 4.79 Å². The van der Waals surface area contributed by atoms with E-state index in [2.05, 4.69) is 11.6 Å². The van der Waals surface area contributed by atoms with Crippen LogP contribution in [-0.4, -0.2) is 29.5 Å². The standard InChI is InChI=1S/C13H26N2OS/c1-10(14)5-3-8-13(16)15-11-6-4-7-12(9-11)17-2/h10-12H,3-9,14H2,1-2H3,(H,15,16). The zero-order valence-electron chi connectivity index (χ0n) is 11.1. The van der Waals surface area contributed by atoms with Crippen molar-refractivity contribution in [2.75, 3.05) is 6.26 Å². The van der Waals surface area contributed by atoms with Crippen molar-refractivity contribution in [1.82, 2.24) is 5.32 Å². The maximum atomic E-state index is 11.7. The molecule has 1 aliphatic carbocycles. The Bertz CT molecular complexity index is 233. The fourth-order valence-electron chi connectivity index (χ4n) is 2.37. The van der Waals surface area contributed by atoms with Crippen LogP contribution in [0.1, 0.15) is 51.9 Å². The van der Waals surface area contributed by atoms with Gasteiger partial charge < -0.3 is 11.1 Å². The molecule has 17 heavy (non-hydrogen) atoms. The van der Waals surface area contributed by atoms with Crippen LogP contribution in [0.15, 0.2) is 0 Å². The topological polar surface area (TPSA) is 55.1 Å². The van der Waals surface area contributed by atoms with Crippen LogP contribution in [0.5, 0.6) is 0 Å². The van der Waals surface area contributed by atoms with Crippen LogP contribution in [0.3, 0.4) is 0 Å². The molecule has 3 N–H and O–H groups in total. The number of hydrogen-bond donors (Lipinski definition) is 2. The Morgan fingerprint density at radius 1 is 1.53 bits per heavy atom. The summed E-state index contributed by atoms with van der Waals surface area (Å²) >= 11 is 1.93. The molecule has 1 fully saturated rings. The van der Waals surface area contributed by atoms with E-state index in [0.717, 1.165) is 30.9 Å². The lowest BCUT2D eigenvalue weighted by atomic mass is 9.95. The van der Waals surface area contributed by atoms with E-state index in [-0.39, 0.29) is 11.9 Å². The third kappa shape index (κ3) is 6.32. The zero-order valence-corrected chi connectivity index (χ0v) is 11.9. The first-order valence-electron chi connectivity index (χ1n) is 6.69. The summed E-state index contributed by atoms with van der Waals surface area (Å²) in [6, 6.07) is 0.613. The van der Waals surface area contributed by atoms with E-state index in [4.69, 9.17) is 5.73 Å². The molecule has 0 aromatic heterocycles. The lowest BCUT2D eigenvalue weighted by molar-refractivity contribution is -0.122. The van der Waals surface area contributed by atoms with Crippen molar-refractivity contribution < 1.29 is 4.79 Å². The van der Waals surface area contributed by atoms with E-state index in [1.54, 1.807) is 0 Å². The lowest BCUT2D eigenvalue weighted by Gasteiger charge is -2.28. The first-order valence-corrected chi connectivity index (χ1v) is 7.98. The van der Waals surface area contributed by atoms with Crippen molar-refractivity contribution in [3.05, 3.63) is 0 Å². The van der Waals surface area contributed by atoms with Gasteiger partial charge >= 0.3 is 0 Å². The Kier molecular flexibility index (Phi) is 6.97. The molecule has 0 saturated heterocycles. The van der Waals surface area contributed by atoms with Gasteiger partial charge in [-0.2, -0.15) is 11.8 Å². The van der Waals surface area contributed by atoms with E-state index in [1.807, 2.05) is 18.7 Å². The molecule has 0 bridgehead atoms. The number of carbonyl (C=O) groups excluding carboxylic acids is 1. The van der Waals surface area contributed by atoms with Crippen LogP contribution >= 0.6 is 11.8 Å². The van der Waals surface area contributed by atoms with Crippen molar-refractivity contribution in [3.63, 3.8) is 0 Å². The summed E-state index contributed by atoms with van der Waals surface area (Å²) in [7, 11) is 0. The van der Waals surface area contributed by atoms with Gasteiger partial charge in [0.05, 0.1) is 0 Å². The third-order valence-electron chi connectivity index (χ3n) is 3.39. The Balaban J connectivity index is 2.17. The van der Waals surface area contributed by atoms with E-state index >= 15 is 0 Å². The molecule has 1 amide bonds. The van der Waals surface area contributed by atoms with E-state index in [9.17, 15) is 4.79 Å². The SMILES string of the molecule is CSC1CCCC(NC(=O)CCCC(C)N)C1. The van der Waals surface area contributed by atoms with Gasteiger partial charge in [-0.25, -0.2) is 0 Å². The van der Waals surface area contributed by atoms with Crippen LogP contribution in [0, 0.1) is 0 Å². The molecule has 0 heterocycles. The molecule has 0 aliphatic heterocycles. The van der Waals surface area contributed by atoms with E-state index < -0.39 is 0 Å². The van der Waals surface area contributed by atoms with Crippen LogP contribution in [0.25, 0.3) is 0 Å². The minimum Gasteiger partial charge on any atom is -0.353 e. The molecule has 1 aliphatic rings. The van der Waals surface area contributed by atoms with Gasteiger partial charge in [-0.3, -0.25) is 4.79 Å². The zero-order chi connectivity index (χ0) is 12.7. The summed E-state index contributed by atoms with van der Waals surface area (Å²) in [5, 5.41) is 3.90. The summed E-state index contributed by atoms with van der Waals surface area (Å²) in [4.78, 5) is 11.7. The summed E-state index contributed by atoms with van der Waals surface area (Å²) in [6.45, 7) is 1.99. The molecule has 1 saturated carbocycles. The smallest absolute Gasteiger partial charge is 0.220 e. The second kappa shape index (κ2) is 7.98. The van der Waals surface area contributed by atoms with Crippen molar-refractivity contribution in [3.8, 4) is 0 Å². The van der Waals surface area contributed by atoms with Crippen LogP contribution < -0.4 is 11.1 Å². The maximum Gasteiger partial charge on any atom is 0.220 e. The predicted octanol–water partition coefficient (Wildman–Crippen LogP) is 2.29. The van der Waals surface area contributed by atoms with Gasteiger partial charge in [0.1, 0.15) is 0 Å². The van der Waals surface area contributed by atoms with Gasteiger partial charge in [0.15, 0.2) is 0 Å². The largest absolute Gasteiger partial charge is 0.353 e. The first kappa shape index (κ1) is 14.8. The number of amides is 1. The van der Waals surface area contributed by atoms with Crippen LogP contribution in [0.4, 0.5) is 0 Å². The molecule has 0 radical (unpaired) electrons. The van der Waals surface area contributed by atoms with E-state index in [1.165, 1.54) is 12.8 Å². The minimum atomic E-state index is 0.206. The number of rotatable bonds is 6. The Morgan fingerprint density at radius 3 is 2.94 bits per heavy atom. The van der Waals surface area contributed by atoms with Crippen molar-refractivity contribution >= 4 is 17.7 Å². The molecule has 4 heteroatoms. The number of carbonyl (C=O) groups is 1. The summed E-state index contributed by atoms with van der Waals surface area (Å²) in [5.74, 6) is 0.206. The number of nitrogens with two attached hydrogens (primary N) is 1. The Morgan fingerprint density at radius 2 is 2.29 bits per heavy atom. The molecule has 3 unspecified atom stereocenters. The molecule has 3 atom stereocenters. The average Bonchev–Trinajstić information content (AvgIpc) is 2.28. The van der Waals surface area contributed by atoms with Gasteiger partial charge in [0.25, 0.3) is 0 Å². The number of nitrogens with one attached hydrogen (secondary N) is 1. The summed E-state index contributed by atoms with van der Waals surface area (Å²) in [6.07, 6.45) is 9.47. The second-order valence-electron chi connectivity index (χ2n) is 5.16. The number of hydrogen-bond acceptors (Lipinski definition) is 3. The fraction of sp³-hybridized carbons (Fsp3) is 0.923. The molecule has 0 aromatic rings. The summed E-state index contributed by atoms with van der Waals surface area (Å²) in [5.41, 5.74) is 5.66. The quantitative estimate of drug-likeness (QED) is 0.768. The molecule has 100 valence electrons. The highest BCUT2D eigenvalue weighted by Gasteiger charge is 2.22. The Hall–Kier alpha value is -0.220. The normalized spacial score (nSPS) is 26.5. The first-order chi connectivity index (χ1) is 8.11. The Labute approximate surface area is 109 Å². The summed E-state index contributed by atoms with van der Waals surface area (Å²) < 4.78 is 0. The average molecular weight is 258 g/mol. The highest BCUT2D eigenvalue weighted by Crippen LogP contribution is 2.26. The molecular weight excluding hydrogens is 232 g/mol. The van der Waals surface area contributed by atoms with Crippen LogP contribution in [0.2, 0.25) is 0 Å². The highest BCUT2D eigenvalue weighted by atomic mass is 32.2. The fourth-order valence-corrected chi connectivity index (χ4v) is 3.20. The molecular formula is C13H26N2OS. The van der Waals surface area contributed by atoms with Gasteiger partial charge in [-0.1, -0.05) is 6.42 Å². The van der Waals surface area contributed by atoms with E-state index in [0.29, 0.717) is 12.5 Å². The molecule has 0 aromatic carbocycles. The maximum absolute atomic E-state index is 11.7. The number of thioether (sulfide) groups is 1. The van der Waals surface area contributed by atoms with Crippen molar-refractivity contribution in [2.24, 2.45) is 5.73 Å². The minimum absolute atomic E-state index is 0.206. The van der Waals surface area contributed by atoms with Crippen molar-refractivity contribution in [1.29, 1.82) is 0 Å². The molecule has 3 nitrogen and oxygen atoms in total. The molecule has 0 spiro atoms. The van der Waals surface area contributed by atoms with Gasteiger partial charge in [-0.15, -0.1) is 0 Å². The van der Waals surface area contributed by atoms with Gasteiger partial charge in [0.2, 0.25) is 5.91 Å². The monoisotopic (exact) mass is 258 g/mol. The second-order valence-corrected chi connectivity index (χ2v) is 6.30. The van der Waals surface area contributed by atoms with Crippen molar-refractivity contribution in [2.45, 2.75) is 69.2 Å². The molecule has 1 rings (SSSR count). The lowest BCUT2D eigenvalue weighted by Crippen LogP contribution is -2.39.